The van der Waals surface area contributed by atoms with Crippen LogP contribution < -0.4 is 35.6 Å². The minimum atomic E-state index is -3.49. The van der Waals surface area contributed by atoms with Crippen molar-refractivity contribution in [2.75, 3.05) is 65.0 Å². The van der Waals surface area contributed by atoms with E-state index >= 15 is 0 Å². The van der Waals surface area contributed by atoms with Crippen LogP contribution in [0.2, 0.25) is 0 Å². The minimum absolute atomic E-state index is 0.0713. The van der Waals surface area contributed by atoms with E-state index in [2.05, 4.69) is 16.0 Å². The quantitative estimate of drug-likeness (QED) is 0.278. The summed E-state index contributed by atoms with van der Waals surface area (Å²) in [7, 11) is 3.97. The normalized spacial score (nSPS) is 14.9. The maximum Gasteiger partial charge on any atom is 0.242 e. The second-order valence-corrected chi connectivity index (χ2v) is 13.8. The molecule has 3 N–H and O–H groups in total. The van der Waals surface area contributed by atoms with Gasteiger partial charge in [-0.1, -0.05) is 6.07 Å². The van der Waals surface area contributed by atoms with Crippen LogP contribution in [0.15, 0.2) is 29.1 Å². The molecule has 1 aliphatic rings. The van der Waals surface area contributed by atoms with Gasteiger partial charge in [-0.15, -0.1) is 0 Å². The number of benzene rings is 1. The van der Waals surface area contributed by atoms with Gasteiger partial charge < -0.3 is 30.2 Å². The number of nitrogens with one attached hydrogen (secondary N) is 3. The first-order valence-corrected chi connectivity index (χ1v) is 17.1. The molecule has 0 aromatic heterocycles. The van der Waals surface area contributed by atoms with Crippen LogP contribution in [0.25, 0.3) is 11.1 Å². The average Bonchev–Trinajstić information content (AvgIpc) is 3.22. The van der Waals surface area contributed by atoms with E-state index in [1.807, 2.05) is 12.3 Å². The van der Waals surface area contributed by atoms with Crippen LogP contribution in [0.4, 0.5) is 5.69 Å². The molecule has 2 aromatic carbocycles. The number of carbonyl (C=O) groups excluding carboxylic acids is 2. The van der Waals surface area contributed by atoms with Crippen LogP contribution in [-0.4, -0.2) is 90.3 Å². The van der Waals surface area contributed by atoms with E-state index in [-0.39, 0.29) is 29.3 Å². The van der Waals surface area contributed by atoms with Gasteiger partial charge in [0.2, 0.25) is 33.0 Å². The summed E-state index contributed by atoms with van der Waals surface area (Å²) >= 11 is 1.55. The Labute approximate surface area is 263 Å². The molecular formula is C30H42N4O8S2. The fourth-order valence-corrected chi connectivity index (χ4v) is 6.32. The summed E-state index contributed by atoms with van der Waals surface area (Å²) in [5, 5.41) is 8.76. The van der Waals surface area contributed by atoms with Crippen molar-refractivity contribution in [1.82, 2.24) is 14.9 Å². The number of fused-ring (bicyclic) bond motifs is 3. The lowest BCUT2D eigenvalue weighted by Gasteiger charge is -2.19. The molecule has 0 saturated heterocycles. The van der Waals surface area contributed by atoms with E-state index in [9.17, 15) is 22.8 Å². The maximum absolute atomic E-state index is 13.7. The molecule has 12 nitrogen and oxygen atoms in total. The number of carbonyl (C=O) groups is 2. The molecule has 0 spiro atoms. The Morgan fingerprint density at radius 2 is 1.80 bits per heavy atom. The lowest BCUT2D eigenvalue weighted by molar-refractivity contribution is -0.122. The molecule has 0 radical (unpaired) electrons. The first-order valence-electron chi connectivity index (χ1n) is 14.1. The van der Waals surface area contributed by atoms with E-state index in [0.717, 1.165) is 9.87 Å². The Hall–Kier alpha value is -3.49. The highest BCUT2D eigenvalue weighted by atomic mass is 32.2. The van der Waals surface area contributed by atoms with Gasteiger partial charge in [-0.2, -0.15) is 11.8 Å². The molecule has 14 heteroatoms. The van der Waals surface area contributed by atoms with Crippen molar-refractivity contribution in [3.8, 4) is 28.4 Å². The van der Waals surface area contributed by atoms with Gasteiger partial charge >= 0.3 is 0 Å². The zero-order valence-corrected chi connectivity index (χ0v) is 27.9. The number of hydrogen-bond donors (Lipinski definition) is 3. The summed E-state index contributed by atoms with van der Waals surface area (Å²) in [6.07, 6.45) is 3.38. The summed E-state index contributed by atoms with van der Waals surface area (Å²) in [6.45, 7) is 1.36. The number of hydrogen-bond acceptors (Lipinski definition) is 10. The molecule has 0 saturated carbocycles. The summed E-state index contributed by atoms with van der Waals surface area (Å²) in [5.74, 6) is 1.05. The van der Waals surface area contributed by atoms with Crippen LogP contribution in [0.1, 0.15) is 36.9 Å². The molecule has 0 bridgehead atoms. The first-order chi connectivity index (χ1) is 20.9. The number of thioether (sulfide) groups is 1. The van der Waals surface area contributed by atoms with E-state index in [4.69, 9.17) is 14.2 Å². The topological polar surface area (TPSA) is 152 Å². The van der Waals surface area contributed by atoms with Crippen molar-refractivity contribution in [2.45, 2.75) is 38.3 Å². The third kappa shape index (κ3) is 8.16. The molecule has 1 aliphatic carbocycles. The lowest BCUT2D eigenvalue weighted by Crippen LogP contribution is -2.43. The standard InChI is InChI=1S/C30H42N4O8S2/c1-18(35)32-22-10-8-19-16-26(40-4)28(41-5)29(42-6)27(19)20-9-11-23(25(36)17-21(20)22)33-24(12-14-43-7)30(37)31-13-15-44(38,39)34(2)3/h9,11,16-17,22,24H,8,10,12-15H2,1-7H3,(H,31,37)(H,32,35)(H,33,36)/t22-,24-/m0/s1. The lowest BCUT2D eigenvalue weighted by atomic mass is 9.95. The highest BCUT2D eigenvalue weighted by Crippen LogP contribution is 2.50. The summed E-state index contributed by atoms with van der Waals surface area (Å²) < 4.78 is 42.4. The largest absolute Gasteiger partial charge is 0.493 e. The van der Waals surface area contributed by atoms with Crippen molar-refractivity contribution in [1.29, 1.82) is 0 Å². The zero-order valence-electron chi connectivity index (χ0n) is 26.2. The smallest absolute Gasteiger partial charge is 0.242 e. The molecule has 242 valence electrons. The van der Waals surface area contributed by atoms with Gasteiger partial charge in [0.15, 0.2) is 11.5 Å². The van der Waals surface area contributed by atoms with Gasteiger partial charge in [-0.05, 0) is 66.2 Å². The van der Waals surface area contributed by atoms with Crippen molar-refractivity contribution in [2.24, 2.45) is 0 Å². The van der Waals surface area contributed by atoms with Gasteiger partial charge in [-0.3, -0.25) is 14.4 Å². The Bertz CT molecular complexity index is 1530. The summed E-state index contributed by atoms with van der Waals surface area (Å²) in [4.78, 5) is 39.1. The number of aryl methyl sites for hydroxylation is 1. The Kier molecular flexibility index (Phi) is 12.3. The third-order valence-electron chi connectivity index (χ3n) is 7.39. The van der Waals surface area contributed by atoms with E-state index in [1.165, 1.54) is 41.3 Å². The van der Waals surface area contributed by atoms with Crippen LogP contribution in [0.3, 0.4) is 0 Å². The number of amides is 2. The van der Waals surface area contributed by atoms with Crippen molar-refractivity contribution < 1.29 is 32.2 Å². The average molecular weight is 651 g/mol. The van der Waals surface area contributed by atoms with Gasteiger partial charge in [0.1, 0.15) is 6.04 Å². The molecule has 0 fully saturated rings. The molecular weight excluding hydrogens is 608 g/mol. The van der Waals surface area contributed by atoms with E-state index in [0.29, 0.717) is 59.0 Å². The Morgan fingerprint density at radius 3 is 2.39 bits per heavy atom. The van der Waals surface area contributed by atoms with Crippen molar-refractivity contribution in [3.05, 3.63) is 45.6 Å². The summed E-state index contributed by atoms with van der Waals surface area (Å²) in [5.41, 5.74) is 2.68. The number of sulfonamides is 1. The molecule has 0 unspecified atom stereocenters. The fourth-order valence-electron chi connectivity index (χ4n) is 5.13. The van der Waals surface area contributed by atoms with Gasteiger partial charge in [-0.25, -0.2) is 12.7 Å². The van der Waals surface area contributed by atoms with Crippen molar-refractivity contribution >= 4 is 39.3 Å². The van der Waals surface area contributed by atoms with Gasteiger partial charge in [0.05, 0.1) is 38.8 Å². The maximum atomic E-state index is 13.7. The first kappa shape index (κ1) is 35.0. The summed E-state index contributed by atoms with van der Waals surface area (Å²) in [6, 6.07) is 5.49. The van der Waals surface area contributed by atoms with Gasteiger partial charge in [0, 0.05) is 33.1 Å². The molecule has 2 aromatic rings. The predicted molar refractivity (Wildman–Crippen MR) is 174 cm³/mol. The van der Waals surface area contributed by atoms with Crippen LogP contribution >= 0.6 is 11.8 Å². The SMILES string of the molecule is COc1cc2c(c(OC)c1OC)-c1ccc(N[C@@H](CCSC)C(=O)NCCS(=O)(=O)N(C)C)c(=O)cc1[C@@H](NC(C)=O)CC2. The van der Waals surface area contributed by atoms with E-state index < -0.39 is 28.0 Å². The minimum Gasteiger partial charge on any atom is -0.493 e. The molecule has 3 rings (SSSR count). The molecule has 2 amide bonds. The molecule has 2 atom stereocenters. The number of anilines is 1. The van der Waals surface area contributed by atoms with Gasteiger partial charge in [0.25, 0.3) is 0 Å². The zero-order chi connectivity index (χ0) is 32.6. The monoisotopic (exact) mass is 650 g/mol. The predicted octanol–water partition coefficient (Wildman–Crippen LogP) is 2.40. The number of methoxy groups -OCH3 is 3. The fraction of sp³-hybridized carbons (Fsp3) is 0.500. The number of ether oxygens (including phenoxy) is 3. The van der Waals surface area contributed by atoms with E-state index in [1.54, 1.807) is 31.0 Å². The van der Waals surface area contributed by atoms with Crippen molar-refractivity contribution in [3.63, 3.8) is 0 Å². The number of rotatable bonds is 14. The van der Waals surface area contributed by atoms with Crippen LogP contribution in [-0.2, 0) is 26.0 Å². The van der Waals surface area contributed by atoms with Crippen LogP contribution in [0, 0.1) is 0 Å². The molecule has 44 heavy (non-hydrogen) atoms. The Balaban J connectivity index is 2.11. The highest BCUT2D eigenvalue weighted by Gasteiger charge is 2.30. The Morgan fingerprint density at radius 1 is 1.09 bits per heavy atom. The third-order valence-corrected chi connectivity index (χ3v) is 9.87. The molecule has 0 aliphatic heterocycles. The number of nitrogens with zero attached hydrogens (tertiary/aromatic N) is 1. The highest BCUT2D eigenvalue weighted by molar-refractivity contribution is 7.98. The van der Waals surface area contributed by atoms with Crippen LogP contribution in [0.5, 0.6) is 17.2 Å². The molecule has 0 heterocycles. The second-order valence-electron chi connectivity index (χ2n) is 10.5. The second kappa shape index (κ2) is 15.5.